The van der Waals surface area contributed by atoms with Gasteiger partial charge >= 0.3 is 12.1 Å². The van der Waals surface area contributed by atoms with Crippen molar-refractivity contribution >= 4 is 5.97 Å². The molecule has 0 aliphatic heterocycles. The Bertz CT molecular complexity index is 231. The number of carboxylic acids is 1. The molecule has 2 N–H and O–H groups in total. The van der Waals surface area contributed by atoms with Crippen LogP contribution in [0.3, 0.4) is 0 Å². The van der Waals surface area contributed by atoms with Gasteiger partial charge in [-0.05, 0) is 21.0 Å². The highest BCUT2D eigenvalue weighted by Crippen LogP contribution is 2.25. The van der Waals surface area contributed by atoms with E-state index in [0.29, 0.717) is 6.54 Å². The van der Waals surface area contributed by atoms with Crippen LogP contribution in [-0.4, -0.2) is 55.4 Å². The topological polar surface area (TPSA) is 52.6 Å². The number of halogens is 3. The van der Waals surface area contributed by atoms with Crippen LogP contribution < -0.4 is 5.32 Å². The molecule has 0 rings (SSSR count). The van der Waals surface area contributed by atoms with Crippen LogP contribution in [0.25, 0.3) is 0 Å². The maximum atomic E-state index is 12.2. The van der Waals surface area contributed by atoms with E-state index in [-0.39, 0.29) is 6.04 Å². The molecule has 96 valence electrons. The standard InChI is InChI=1S/C9H17F3N2O2/c1-6(14(2)3)4-13-5-7(8(15)16)9(10,11)12/h6-7,13H,4-5H2,1-3H3,(H,15,16). The minimum atomic E-state index is -4.71. The molecule has 0 aromatic carbocycles. The van der Waals surface area contributed by atoms with Gasteiger partial charge in [-0.2, -0.15) is 13.2 Å². The molecule has 4 nitrogen and oxygen atoms in total. The molecule has 16 heavy (non-hydrogen) atoms. The molecule has 0 aromatic heterocycles. The summed E-state index contributed by atoms with van der Waals surface area (Å²) in [5.74, 6) is -4.20. The van der Waals surface area contributed by atoms with E-state index in [1.165, 1.54) is 0 Å². The van der Waals surface area contributed by atoms with Crippen LogP contribution in [0.1, 0.15) is 6.92 Å². The number of carbonyl (C=O) groups is 1. The van der Waals surface area contributed by atoms with Crippen molar-refractivity contribution in [2.75, 3.05) is 27.2 Å². The number of aliphatic carboxylic acids is 1. The van der Waals surface area contributed by atoms with Crippen molar-refractivity contribution in [1.82, 2.24) is 10.2 Å². The molecule has 0 aliphatic rings. The molecule has 0 saturated carbocycles. The van der Waals surface area contributed by atoms with Gasteiger partial charge in [-0.15, -0.1) is 0 Å². The average molecular weight is 242 g/mol. The van der Waals surface area contributed by atoms with Crippen LogP contribution in [0, 0.1) is 5.92 Å². The van der Waals surface area contributed by atoms with Gasteiger partial charge in [-0.25, -0.2) is 0 Å². The van der Waals surface area contributed by atoms with E-state index in [0.717, 1.165) is 0 Å². The fourth-order valence-corrected chi connectivity index (χ4v) is 0.962. The van der Waals surface area contributed by atoms with Crippen molar-refractivity contribution in [3.05, 3.63) is 0 Å². The third-order valence-corrected chi connectivity index (χ3v) is 2.36. The maximum Gasteiger partial charge on any atom is 0.403 e. The summed E-state index contributed by atoms with van der Waals surface area (Å²) in [5, 5.41) is 10.9. The zero-order valence-corrected chi connectivity index (χ0v) is 9.51. The highest BCUT2D eigenvalue weighted by molar-refractivity contribution is 5.71. The van der Waals surface area contributed by atoms with Crippen LogP contribution in [0.5, 0.6) is 0 Å². The number of nitrogens with zero attached hydrogens (tertiary/aromatic N) is 1. The molecule has 2 unspecified atom stereocenters. The molecule has 0 saturated heterocycles. The van der Waals surface area contributed by atoms with Gasteiger partial charge in [0.15, 0.2) is 5.92 Å². The van der Waals surface area contributed by atoms with Gasteiger partial charge in [0.05, 0.1) is 0 Å². The van der Waals surface area contributed by atoms with Gasteiger partial charge in [0.2, 0.25) is 0 Å². The molecule has 0 spiro atoms. The van der Waals surface area contributed by atoms with Crippen molar-refractivity contribution in [2.45, 2.75) is 19.1 Å². The molecule has 0 fully saturated rings. The summed E-state index contributed by atoms with van der Waals surface area (Å²) in [4.78, 5) is 12.2. The summed E-state index contributed by atoms with van der Waals surface area (Å²) in [5.41, 5.74) is 0. The maximum absolute atomic E-state index is 12.2. The quantitative estimate of drug-likeness (QED) is 0.723. The second kappa shape index (κ2) is 6.05. The first-order valence-electron chi connectivity index (χ1n) is 4.83. The Hall–Kier alpha value is -0.820. The third-order valence-electron chi connectivity index (χ3n) is 2.36. The number of hydrogen-bond acceptors (Lipinski definition) is 3. The summed E-state index contributed by atoms with van der Waals surface area (Å²) >= 11 is 0. The zero-order chi connectivity index (χ0) is 12.9. The number of carboxylic acid groups (broad SMARTS) is 1. The summed E-state index contributed by atoms with van der Waals surface area (Å²) < 4.78 is 36.7. The molecular weight excluding hydrogens is 225 g/mol. The van der Waals surface area contributed by atoms with Crippen molar-refractivity contribution < 1.29 is 23.1 Å². The van der Waals surface area contributed by atoms with Gasteiger partial charge in [-0.3, -0.25) is 4.79 Å². The van der Waals surface area contributed by atoms with Gasteiger partial charge in [-0.1, -0.05) is 0 Å². The predicted octanol–water partition coefficient (Wildman–Crippen LogP) is 0.789. The van der Waals surface area contributed by atoms with Crippen LogP contribution in [0.15, 0.2) is 0 Å². The number of likely N-dealkylation sites (N-methyl/N-ethyl adjacent to an activating group) is 1. The van der Waals surface area contributed by atoms with Crippen LogP contribution in [-0.2, 0) is 4.79 Å². The van der Waals surface area contributed by atoms with Crippen molar-refractivity contribution in [3.63, 3.8) is 0 Å². The van der Waals surface area contributed by atoms with E-state index in [4.69, 9.17) is 5.11 Å². The minimum absolute atomic E-state index is 0.0441. The Balaban J connectivity index is 4.11. The van der Waals surface area contributed by atoms with E-state index >= 15 is 0 Å². The minimum Gasteiger partial charge on any atom is -0.481 e. The predicted molar refractivity (Wildman–Crippen MR) is 53.2 cm³/mol. The largest absolute Gasteiger partial charge is 0.481 e. The second-order valence-electron chi connectivity index (χ2n) is 3.90. The summed E-state index contributed by atoms with van der Waals surface area (Å²) in [6.07, 6.45) is -4.71. The lowest BCUT2D eigenvalue weighted by molar-refractivity contribution is -0.192. The Morgan fingerprint density at radius 2 is 1.88 bits per heavy atom. The Morgan fingerprint density at radius 1 is 1.38 bits per heavy atom. The lowest BCUT2D eigenvalue weighted by atomic mass is 10.1. The molecule has 0 radical (unpaired) electrons. The first-order valence-corrected chi connectivity index (χ1v) is 4.83. The summed E-state index contributed by atoms with van der Waals surface area (Å²) in [6.45, 7) is 1.54. The van der Waals surface area contributed by atoms with Crippen LogP contribution in [0.2, 0.25) is 0 Å². The lowest BCUT2D eigenvalue weighted by Gasteiger charge is -2.22. The van der Waals surface area contributed by atoms with Gasteiger partial charge < -0.3 is 15.3 Å². The lowest BCUT2D eigenvalue weighted by Crippen LogP contribution is -2.43. The molecule has 0 bridgehead atoms. The first-order chi connectivity index (χ1) is 7.16. The number of hydrogen-bond donors (Lipinski definition) is 2. The first kappa shape index (κ1) is 15.2. The smallest absolute Gasteiger partial charge is 0.403 e. The number of nitrogens with one attached hydrogen (secondary N) is 1. The van der Waals surface area contributed by atoms with Crippen LogP contribution in [0.4, 0.5) is 13.2 Å². The molecule has 7 heteroatoms. The highest BCUT2D eigenvalue weighted by Gasteiger charge is 2.44. The summed E-state index contributed by atoms with van der Waals surface area (Å²) in [6, 6.07) is 0.0441. The van der Waals surface area contributed by atoms with Crippen molar-refractivity contribution in [2.24, 2.45) is 5.92 Å². The fraction of sp³-hybridized carbons (Fsp3) is 0.889. The molecule has 0 heterocycles. The van der Waals surface area contributed by atoms with Crippen LogP contribution >= 0.6 is 0 Å². The Morgan fingerprint density at radius 3 is 2.19 bits per heavy atom. The van der Waals surface area contributed by atoms with Gasteiger partial charge in [0.25, 0.3) is 0 Å². The molecule has 0 aliphatic carbocycles. The number of alkyl halides is 3. The Kier molecular flexibility index (Phi) is 5.74. The monoisotopic (exact) mass is 242 g/mol. The summed E-state index contributed by atoms with van der Waals surface area (Å²) in [7, 11) is 3.59. The number of rotatable bonds is 6. The molecule has 0 aromatic rings. The fourth-order valence-electron chi connectivity index (χ4n) is 0.962. The van der Waals surface area contributed by atoms with Crippen molar-refractivity contribution in [3.8, 4) is 0 Å². The highest BCUT2D eigenvalue weighted by atomic mass is 19.4. The second-order valence-corrected chi connectivity index (χ2v) is 3.90. The van der Waals surface area contributed by atoms with E-state index in [9.17, 15) is 18.0 Å². The third kappa shape index (κ3) is 5.32. The van der Waals surface area contributed by atoms with E-state index in [2.05, 4.69) is 5.32 Å². The molecule has 0 amide bonds. The average Bonchev–Trinajstić information content (AvgIpc) is 2.08. The molecular formula is C9H17F3N2O2. The molecule has 2 atom stereocenters. The van der Waals surface area contributed by atoms with Crippen molar-refractivity contribution in [1.29, 1.82) is 0 Å². The Labute approximate surface area is 92.4 Å². The normalized spacial score (nSPS) is 16.2. The zero-order valence-electron chi connectivity index (χ0n) is 9.51. The van der Waals surface area contributed by atoms with Gasteiger partial charge in [0, 0.05) is 19.1 Å². The SMILES string of the molecule is CC(CNCC(C(=O)O)C(F)(F)F)N(C)C. The van der Waals surface area contributed by atoms with E-state index in [1.807, 2.05) is 11.8 Å². The van der Waals surface area contributed by atoms with Gasteiger partial charge in [0.1, 0.15) is 0 Å². The van der Waals surface area contributed by atoms with E-state index < -0.39 is 24.6 Å². The van der Waals surface area contributed by atoms with E-state index in [1.54, 1.807) is 14.1 Å².